The zero-order valence-electron chi connectivity index (χ0n) is 11.1. The molecule has 0 amide bonds. The molecule has 3 rings (SSSR count). The van der Waals surface area contributed by atoms with Gasteiger partial charge in [0.1, 0.15) is 6.10 Å². The minimum Gasteiger partial charge on any atom is -0.469 e. The molecule has 1 N–H and O–H groups in total. The van der Waals surface area contributed by atoms with Crippen LogP contribution in [0.5, 0.6) is 5.88 Å². The average Bonchev–Trinajstić information content (AvgIpc) is 3.00. The number of benzene rings is 1. The van der Waals surface area contributed by atoms with E-state index in [-0.39, 0.29) is 6.10 Å². The lowest BCUT2D eigenvalue weighted by molar-refractivity contribution is 0.136. The Morgan fingerprint density at radius 3 is 2.70 bits per heavy atom. The smallest absolute Gasteiger partial charge is 0.216 e. The van der Waals surface area contributed by atoms with E-state index in [1.165, 1.54) is 6.07 Å². The summed E-state index contributed by atoms with van der Waals surface area (Å²) in [7, 11) is 0. The van der Waals surface area contributed by atoms with E-state index in [4.69, 9.17) is 4.74 Å². The minimum absolute atomic E-state index is 0.0968. The number of hydrogen-bond acceptors (Lipinski definition) is 3. The van der Waals surface area contributed by atoms with Crippen molar-refractivity contribution in [1.82, 2.24) is 10.3 Å². The predicted octanol–water partition coefficient (Wildman–Crippen LogP) is 2.95. The molecule has 2 atom stereocenters. The van der Waals surface area contributed by atoms with Crippen molar-refractivity contribution in [2.75, 3.05) is 13.1 Å². The van der Waals surface area contributed by atoms with E-state index in [1.807, 2.05) is 30.3 Å². The van der Waals surface area contributed by atoms with Gasteiger partial charge in [0.05, 0.1) is 0 Å². The van der Waals surface area contributed by atoms with Crippen LogP contribution in [-0.2, 0) is 0 Å². The Morgan fingerprint density at radius 1 is 1.15 bits per heavy atom. The van der Waals surface area contributed by atoms with Gasteiger partial charge in [0.25, 0.3) is 0 Å². The summed E-state index contributed by atoms with van der Waals surface area (Å²) in [6.45, 7) is 1.91. The van der Waals surface area contributed by atoms with Crippen LogP contribution in [0.3, 0.4) is 0 Å². The Labute approximate surface area is 117 Å². The first-order valence-electron chi connectivity index (χ1n) is 6.88. The summed E-state index contributed by atoms with van der Waals surface area (Å²) < 4.78 is 19.2. The van der Waals surface area contributed by atoms with Gasteiger partial charge < -0.3 is 10.1 Å². The Morgan fingerprint density at radius 2 is 2.00 bits per heavy atom. The Hall–Kier alpha value is -1.94. The quantitative estimate of drug-likeness (QED) is 0.869. The highest BCUT2D eigenvalue weighted by molar-refractivity contribution is 5.21. The predicted molar refractivity (Wildman–Crippen MR) is 75.0 cm³/mol. The maximum Gasteiger partial charge on any atom is 0.216 e. The van der Waals surface area contributed by atoms with Crippen LogP contribution in [0.4, 0.5) is 4.39 Å². The van der Waals surface area contributed by atoms with Crippen LogP contribution < -0.4 is 10.1 Å². The van der Waals surface area contributed by atoms with Crippen LogP contribution in [-0.4, -0.2) is 18.1 Å². The molecule has 1 aromatic heterocycles. The summed E-state index contributed by atoms with van der Waals surface area (Å²) >= 11 is 0. The highest BCUT2D eigenvalue weighted by atomic mass is 19.1. The summed E-state index contributed by atoms with van der Waals surface area (Å²) in [6.07, 6.45) is 0.954. The third-order valence-electron chi connectivity index (χ3n) is 3.59. The van der Waals surface area contributed by atoms with Crippen molar-refractivity contribution in [1.29, 1.82) is 0 Å². The summed E-state index contributed by atoms with van der Waals surface area (Å²) in [5, 5.41) is 3.35. The largest absolute Gasteiger partial charge is 0.469 e. The first-order chi connectivity index (χ1) is 9.83. The lowest BCUT2D eigenvalue weighted by Crippen LogP contribution is -2.21. The molecular weight excluding hydrogens is 255 g/mol. The Bertz CT molecular complexity index is 555. The normalized spacial score (nSPS) is 19.8. The fourth-order valence-corrected chi connectivity index (χ4v) is 2.60. The van der Waals surface area contributed by atoms with E-state index in [1.54, 1.807) is 12.1 Å². The summed E-state index contributed by atoms with van der Waals surface area (Å²) in [5.74, 6) is 0.201. The van der Waals surface area contributed by atoms with Crippen LogP contribution in [0, 0.1) is 11.9 Å². The van der Waals surface area contributed by atoms with Gasteiger partial charge in [-0.25, -0.2) is 0 Å². The fraction of sp³-hybridized carbons (Fsp3) is 0.312. The number of ether oxygens (including phenoxy) is 1. The maximum atomic E-state index is 13.2. The van der Waals surface area contributed by atoms with Gasteiger partial charge in [0, 0.05) is 18.5 Å². The van der Waals surface area contributed by atoms with Gasteiger partial charge in [-0.05, 0) is 24.6 Å². The first-order valence-corrected chi connectivity index (χ1v) is 6.88. The number of pyridine rings is 1. The molecule has 0 saturated carbocycles. The van der Waals surface area contributed by atoms with Gasteiger partial charge in [-0.2, -0.15) is 9.37 Å². The van der Waals surface area contributed by atoms with Gasteiger partial charge >= 0.3 is 0 Å². The average molecular weight is 272 g/mol. The third kappa shape index (κ3) is 2.96. The van der Waals surface area contributed by atoms with Crippen LogP contribution in [0.1, 0.15) is 18.1 Å². The molecule has 1 aromatic carbocycles. The van der Waals surface area contributed by atoms with Crippen LogP contribution in [0.15, 0.2) is 48.5 Å². The lowest BCUT2D eigenvalue weighted by Gasteiger charge is -2.24. The van der Waals surface area contributed by atoms with Crippen molar-refractivity contribution < 1.29 is 9.13 Å². The molecule has 0 bridgehead atoms. The number of nitrogens with one attached hydrogen (secondary N) is 1. The van der Waals surface area contributed by atoms with Crippen molar-refractivity contribution in [3.05, 3.63) is 60.0 Å². The molecule has 1 aliphatic heterocycles. The molecule has 0 unspecified atom stereocenters. The lowest BCUT2D eigenvalue weighted by atomic mass is 9.95. The molecule has 0 radical (unpaired) electrons. The van der Waals surface area contributed by atoms with Gasteiger partial charge in [-0.1, -0.05) is 36.4 Å². The highest BCUT2D eigenvalue weighted by Gasteiger charge is 2.28. The van der Waals surface area contributed by atoms with Gasteiger partial charge in [0.15, 0.2) is 0 Å². The van der Waals surface area contributed by atoms with Crippen LogP contribution in [0.2, 0.25) is 0 Å². The van der Waals surface area contributed by atoms with E-state index < -0.39 is 5.95 Å². The number of rotatable bonds is 4. The van der Waals surface area contributed by atoms with E-state index in [2.05, 4.69) is 10.3 Å². The molecule has 0 aliphatic carbocycles. The van der Waals surface area contributed by atoms with Gasteiger partial charge in [0.2, 0.25) is 11.8 Å². The van der Waals surface area contributed by atoms with Crippen molar-refractivity contribution in [3.63, 3.8) is 0 Å². The second-order valence-corrected chi connectivity index (χ2v) is 5.00. The molecule has 1 aliphatic rings. The first kappa shape index (κ1) is 13.1. The molecule has 0 spiro atoms. The standard InChI is InChI=1S/C16H17FN2O/c17-14-7-4-8-15(19-14)20-16(13-9-10-18-11-13)12-5-2-1-3-6-12/h1-8,13,16,18H,9-11H2/t13-,16-/m1/s1. The van der Waals surface area contributed by atoms with Crippen molar-refractivity contribution >= 4 is 0 Å². The van der Waals surface area contributed by atoms with E-state index in [0.29, 0.717) is 11.8 Å². The Kier molecular flexibility index (Phi) is 3.92. The fourth-order valence-electron chi connectivity index (χ4n) is 2.60. The van der Waals surface area contributed by atoms with Crippen LogP contribution >= 0.6 is 0 Å². The Balaban J connectivity index is 1.85. The summed E-state index contributed by atoms with van der Waals surface area (Å²) in [6, 6.07) is 14.7. The van der Waals surface area contributed by atoms with E-state index >= 15 is 0 Å². The number of halogens is 1. The second kappa shape index (κ2) is 6.01. The third-order valence-corrected chi connectivity index (χ3v) is 3.59. The van der Waals surface area contributed by atoms with E-state index in [0.717, 1.165) is 25.1 Å². The summed E-state index contributed by atoms with van der Waals surface area (Å²) in [4.78, 5) is 3.80. The van der Waals surface area contributed by atoms with Crippen molar-refractivity contribution in [2.45, 2.75) is 12.5 Å². The molecule has 3 nitrogen and oxygen atoms in total. The number of hydrogen-bond donors (Lipinski definition) is 1. The number of aromatic nitrogens is 1. The minimum atomic E-state index is -0.515. The maximum absolute atomic E-state index is 13.2. The SMILES string of the molecule is Fc1cccc(O[C@H](c2ccccc2)[C@@H]2CCNC2)n1. The highest BCUT2D eigenvalue weighted by Crippen LogP contribution is 2.31. The van der Waals surface area contributed by atoms with Crippen molar-refractivity contribution in [2.24, 2.45) is 5.92 Å². The number of nitrogens with zero attached hydrogens (tertiary/aromatic N) is 1. The zero-order chi connectivity index (χ0) is 13.8. The zero-order valence-corrected chi connectivity index (χ0v) is 11.1. The van der Waals surface area contributed by atoms with Gasteiger partial charge in [-0.15, -0.1) is 0 Å². The van der Waals surface area contributed by atoms with Crippen molar-refractivity contribution in [3.8, 4) is 5.88 Å². The molecule has 1 saturated heterocycles. The molecule has 104 valence electrons. The topological polar surface area (TPSA) is 34.1 Å². The van der Waals surface area contributed by atoms with Crippen LogP contribution in [0.25, 0.3) is 0 Å². The molecule has 1 fully saturated rings. The molecule has 4 heteroatoms. The molecule has 2 aromatic rings. The summed E-state index contributed by atoms with van der Waals surface area (Å²) in [5.41, 5.74) is 1.10. The van der Waals surface area contributed by atoms with E-state index in [9.17, 15) is 4.39 Å². The molecule has 2 heterocycles. The second-order valence-electron chi connectivity index (χ2n) is 5.00. The monoisotopic (exact) mass is 272 g/mol. The van der Waals surface area contributed by atoms with Gasteiger partial charge in [-0.3, -0.25) is 0 Å². The molecular formula is C16H17FN2O. The molecule has 20 heavy (non-hydrogen) atoms.